The minimum atomic E-state index is -0.427. The van der Waals surface area contributed by atoms with Crippen molar-refractivity contribution in [3.63, 3.8) is 0 Å². The Kier molecular flexibility index (Phi) is 18.4. The van der Waals surface area contributed by atoms with Crippen LogP contribution in [0.25, 0.3) is 11.1 Å². The minimum absolute atomic E-state index is 0.315. The summed E-state index contributed by atoms with van der Waals surface area (Å²) in [5.74, 6) is 0.460. The molecule has 264 valence electrons. The van der Waals surface area contributed by atoms with E-state index in [2.05, 4.69) is 20.4 Å². The van der Waals surface area contributed by atoms with Crippen LogP contribution in [0.5, 0.6) is 11.5 Å². The minimum Gasteiger partial charge on any atom is -0.494 e. The third kappa shape index (κ3) is 15.6. The van der Waals surface area contributed by atoms with Crippen LogP contribution >= 0.6 is 0 Å². The Labute approximate surface area is 293 Å². The van der Waals surface area contributed by atoms with Gasteiger partial charge in [0.25, 0.3) is 0 Å². The van der Waals surface area contributed by atoms with Gasteiger partial charge in [-0.25, -0.2) is 14.4 Å². The Balaban J connectivity index is 1.24. The van der Waals surface area contributed by atoms with Crippen molar-refractivity contribution in [1.82, 2.24) is 0 Å². The van der Waals surface area contributed by atoms with Gasteiger partial charge in [0.1, 0.15) is 11.5 Å². The summed E-state index contributed by atoms with van der Waals surface area (Å²) >= 11 is 0. The molecule has 0 fully saturated rings. The average molecular weight is 671 g/mol. The van der Waals surface area contributed by atoms with Crippen LogP contribution < -0.4 is 9.47 Å². The number of rotatable bonds is 24. The molecular weight excluding hydrogens is 616 g/mol. The zero-order valence-corrected chi connectivity index (χ0v) is 29.5. The Bertz CT molecular complexity index is 1390. The van der Waals surface area contributed by atoms with Gasteiger partial charge in [0.2, 0.25) is 0 Å². The van der Waals surface area contributed by atoms with E-state index in [0.717, 1.165) is 49.0 Å². The lowest BCUT2D eigenvalue weighted by Crippen LogP contribution is -2.11. The summed E-state index contributed by atoms with van der Waals surface area (Å²) < 4.78 is 21.8. The molecule has 1 unspecified atom stereocenters. The van der Waals surface area contributed by atoms with Crippen LogP contribution in [0.15, 0.2) is 85.5 Å². The van der Waals surface area contributed by atoms with Gasteiger partial charge in [-0.05, 0) is 78.4 Å². The molecule has 1 atom stereocenters. The van der Waals surface area contributed by atoms with Gasteiger partial charge in [0.05, 0.1) is 30.9 Å². The summed E-state index contributed by atoms with van der Waals surface area (Å²) in [6, 6.07) is 21.7. The van der Waals surface area contributed by atoms with Gasteiger partial charge in [-0.1, -0.05) is 115 Å². The summed E-state index contributed by atoms with van der Waals surface area (Å²) in [4.78, 5) is 36.0. The summed E-state index contributed by atoms with van der Waals surface area (Å²) in [6.07, 6.45) is 16.5. The molecule has 0 spiro atoms. The van der Waals surface area contributed by atoms with E-state index >= 15 is 0 Å². The molecule has 0 saturated heterocycles. The number of hydrogen-bond donors (Lipinski definition) is 0. The largest absolute Gasteiger partial charge is 0.494 e. The fraction of sp³-hybridized carbons (Fsp3) is 0.452. The van der Waals surface area contributed by atoms with Crippen LogP contribution in [0.2, 0.25) is 0 Å². The van der Waals surface area contributed by atoms with Gasteiger partial charge in [-0.3, -0.25) is 0 Å². The van der Waals surface area contributed by atoms with Gasteiger partial charge in [-0.2, -0.15) is 0 Å². The molecule has 49 heavy (non-hydrogen) atoms. The molecule has 0 saturated carbocycles. The first-order valence-electron chi connectivity index (χ1n) is 18.0. The Hall–Kier alpha value is -4.39. The van der Waals surface area contributed by atoms with Crippen molar-refractivity contribution in [3.05, 3.63) is 96.6 Å². The highest BCUT2D eigenvalue weighted by atomic mass is 16.5. The van der Waals surface area contributed by atoms with Crippen LogP contribution in [0, 0.1) is 5.92 Å². The van der Waals surface area contributed by atoms with Crippen molar-refractivity contribution < 1.29 is 33.3 Å². The van der Waals surface area contributed by atoms with Crippen molar-refractivity contribution in [1.29, 1.82) is 0 Å². The van der Waals surface area contributed by atoms with Crippen LogP contribution in [-0.2, 0) is 14.3 Å². The lowest BCUT2D eigenvalue weighted by atomic mass is 10.0. The molecule has 0 N–H and O–H groups in total. The summed E-state index contributed by atoms with van der Waals surface area (Å²) in [6.45, 7) is 9.10. The van der Waals surface area contributed by atoms with Crippen LogP contribution in [0.4, 0.5) is 0 Å². The molecule has 7 heteroatoms. The SMILES string of the molecule is C=CC(=O)OCCCCCCCCCCCCCCOc1ccc(C(=O)Oc2ccc(-c3ccc(C(=O)OCC(C)CC)cc3)cc2)cc1. The van der Waals surface area contributed by atoms with E-state index in [0.29, 0.717) is 42.6 Å². The smallest absolute Gasteiger partial charge is 0.343 e. The molecular formula is C42H54O7. The third-order valence-electron chi connectivity index (χ3n) is 8.52. The number of esters is 3. The van der Waals surface area contributed by atoms with Crippen molar-refractivity contribution in [2.75, 3.05) is 19.8 Å². The summed E-state index contributed by atoms with van der Waals surface area (Å²) in [5.41, 5.74) is 2.88. The second kappa shape index (κ2) is 23.0. The molecule has 0 bridgehead atoms. The number of benzene rings is 3. The Morgan fingerprint density at radius 3 is 1.57 bits per heavy atom. The van der Waals surface area contributed by atoms with Crippen LogP contribution in [-0.4, -0.2) is 37.7 Å². The predicted octanol–water partition coefficient (Wildman–Crippen LogP) is 10.6. The Morgan fingerprint density at radius 1 is 0.592 bits per heavy atom. The monoisotopic (exact) mass is 670 g/mol. The normalized spacial score (nSPS) is 11.4. The molecule has 0 amide bonds. The number of unbranched alkanes of at least 4 members (excludes halogenated alkanes) is 11. The number of carbonyl (C=O) groups excluding carboxylic acids is 3. The Morgan fingerprint density at radius 2 is 1.04 bits per heavy atom. The topological polar surface area (TPSA) is 88.1 Å². The van der Waals surface area contributed by atoms with E-state index in [1.54, 1.807) is 48.5 Å². The van der Waals surface area contributed by atoms with Crippen molar-refractivity contribution in [3.8, 4) is 22.6 Å². The maximum Gasteiger partial charge on any atom is 0.343 e. The first-order valence-corrected chi connectivity index (χ1v) is 18.0. The van der Waals surface area contributed by atoms with Gasteiger partial charge in [-0.15, -0.1) is 0 Å². The fourth-order valence-electron chi connectivity index (χ4n) is 5.18. The van der Waals surface area contributed by atoms with E-state index in [1.165, 1.54) is 57.4 Å². The van der Waals surface area contributed by atoms with Gasteiger partial charge in [0.15, 0.2) is 0 Å². The quantitative estimate of drug-likeness (QED) is 0.0405. The maximum atomic E-state index is 12.7. The fourth-order valence-corrected chi connectivity index (χ4v) is 5.18. The zero-order valence-electron chi connectivity index (χ0n) is 29.5. The van der Waals surface area contributed by atoms with E-state index in [9.17, 15) is 14.4 Å². The molecule has 0 heterocycles. The zero-order chi connectivity index (χ0) is 35.1. The highest BCUT2D eigenvalue weighted by molar-refractivity contribution is 5.91. The highest BCUT2D eigenvalue weighted by Gasteiger charge is 2.11. The first-order chi connectivity index (χ1) is 23.9. The average Bonchev–Trinajstić information content (AvgIpc) is 3.13. The molecule has 3 rings (SSSR count). The van der Waals surface area contributed by atoms with E-state index in [1.807, 2.05) is 24.3 Å². The van der Waals surface area contributed by atoms with E-state index in [-0.39, 0.29) is 11.9 Å². The predicted molar refractivity (Wildman–Crippen MR) is 195 cm³/mol. The summed E-state index contributed by atoms with van der Waals surface area (Å²) in [5, 5.41) is 0. The number of carbonyl (C=O) groups is 3. The second-order valence-electron chi connectivity index (χ2n) is 12.6. The lowest BCUT2D eigenvalue weighted by Gasteiger charge is -2.10. The van der Waals surface area contributed by atoms with Crippen LogP contribution in [0.1, 0.15) is 118 Å². The molecule has 0 radical (unpaired) electrons. The molecule has 0 aromatic heterocycles. The molecule has 7 nitrogen and oxygen atoms in total. The summed E-state index contributed by atoms with van der Waals surface area (Å²) in [7, 11) is 0. The highest BCUT2D eigenvalue weighted by Crippen LogP contribution is 2.24. The lowest BCUT2D eigenvalue weighted by molar-refractivity contribution is -0.137. The molecule has 0 aliphatic rings. The van der Waals surface area contributed by atoms with E-state index < -0.39 is 5.97 Å². The van der Waals surface area contributed by atoms with E-state index in [4.69, 9.17) is 18.9 Å². The van der Waals surface area contributed by atoms with Crippen LogP contribution in [0.3, 0.4) is 0 Å². The third-order valence-corrected chi connectivity index (χ3v) is 8.52. The van der Waals surface area contributed by atoms with Gasteiger partial charge >= 0.3 is 17.9 Å². The van der Waals surface area contributed by atoms with Gasteiger partial charge in [0, 0.05) is 6.08 Å². The molecule has 3 aromatic rings. The standard InChI is InChI=1S/C42H54O7/c1-4-33(3)32-48-41(44)36-20-18-34(19-21-36)35-22-28-39(29-23-35)49-42(45)37-24-26-38(27-25-37)46-30-16-14-12-10-8-6-7-9-11-13-15-17-31-47-40(43)5-2/h5,18-29,33H,2,4,6-17,30-32H2,1,3H3. The number of hydrogen-bond acceptors (Lipinski definition) is 7. The molecule has 0 aliphatic carbocycles. The number of ether oxygens (including phenoxy) is 4. The van der Waals surface area contributed by atoms with Gasteiger partial charge < -0.3 is 18.9 Å². The van der Waals surface area contributed by atoms with Crippen molar-refractivity contribution in [2.45, 2.75) is 97.3 Å². The first kappa shape index (κ1) is 39.1. The molecule has 0 aliphatic heterocycles. The van der Waals surface area contributed by atoms with Crippen molar-refractivity contribution in [2.24, 2.45) is 5.92 Å². The molecule has 3 aromatic carbocycles. The maximum absolute atomic E-state index is 12.7. The van der Waals surface area contributed by atoms with Crippen molar-refractivity contribution >= 4 is 17.9 Å². The second-order valence-corrected chi connectivity index (χ2v) is 12.6.